The molecule has 1 aliphatic heterocycles. The van der Waals surface area contributed by atoms with Gasteiger partial charge in [0.2, 0.25) is 0 Å². The van der Waals surface area contributed by atoms with E-state index in [9.17, 15) is 0 Å². The SMILES string of the molecule is COC(C)CN1CC(CBr)OC(C)(C)C1. The number of methoxy groups -OCH3 is 1. The van der Waals surface area contributed by atoms with Gasteiger partial charge in [-0.2, -0.15) is 0 Å². The number of ether oxygens (including phenoxy) is 2. The van der Waals surface area contributed by atoms with E-state index in [4.69, 9.17) is 9.47 Å². The minimum atomic E-state index is -0.0514. The highest BCUT2D eigenvalue weighted by atomic mass is 79.9. The average Bonchev–Trinajstić information content (AvgIpc) is 2.15. The molecule has 0 radical (unpaired) electrons. The van der Waals surface area contributed by atoms with Crippen molar-refractivity contribution >= 4 is 15.9 Å². The van der Waals surface area contributed by atoms with Crippen molar-refractivity contribution in [2.24, 2.45) is 0 Å². The van der Waals surface area contributed by atoms with Crippen LogP contribution in [0.15, 0.2) is 0 Å². The average molecular weight is 280 g/mol. The van der Waals surface area contributed by atoms with Crippen LogP contribution >= 0.6 is 15.9 Å². The van der Waals surface area contributed by atoms with E-state index in [2.05, 4.69) is 41.6 Å². The van der Waals surface area contributed by atoms with Gasteiger partial charge in [-0.25, -0.2) is 0 Å². The number of halogens is 1. The molecule has 0 aromatic heterocycles. The second-order valence-corrected chi connectivity index (χ2v) is 5.54. The molecule has 2 atom stereocenters. The van der Waals surface area contributed by atoms with E-state index < -0.39 is 0 Å². The summed E-state index contributed by atoms with van der Waals surface area (Å²) in [6.45, 7) is 9.34. The third-order valence-electron chi connectivity index (χ3n) is 2.64. The fourth-order valence-electron chi connectivity index (χ4n) is 2.07. The van der Waals surface area contributed by atoms with E-state index in [1.165, 1.54) is 0 Å². The lowest BCUT2D eigenvalue weighted by atomic mass is 10.1. The summed E-state index contributed by atoms with van der Waals surface area (Å²) in [7, 11) is 1.76. The Balaban J connectivity index is 2.50. The maximum Gasteiger partial charge on any atom is 0.0806 e. The summed E-state index contributed by atoms with van der Waals surface area (Å²) >= 11 is 3.49. The highest BCUT2D eigenvalue weighted by Crippen LogP contribution is 2.22. The van der Waals surface area contributed by atoms with E-state index in [0.717, 1.165) is 25.0 Å². The Kier molecular flexibility index (Phi) is 5.03. The van der Waals surface area contributed by atoms with Crippen LogP contribution in [-0.2, 0) is 9.47 Å². The maximum atomic E-state index is 5.94. The predicted molar refractivity (Wildman–Crippen MR) is 65.7 cm³/mol. The monoisotopic (exact) mass is 279 g/mol. The number of hydrogen-bond donors (Lipinski definition) is 0. The third kappa shape index (κ3) is 4.39. The number of nitrogens with zero attached hydrogens (tertiary/aromatic N) is 1. The Bertz CT molecular complexity index is 197. The van der Waals surface area contributed by atoms with Gasteiger partial charge in [-0.05, 0) is 20.8 Å². The number of hydrogen-bond acceptors (Lipinski definition) is 3. The Morgan fingerprint density at radius 3 is 2.80 bits per heavy atom. The predicted octanol–water partition coefficient (Wildman–Crippen LogP) is 1.90. The molecule has 2 unspecified atom stereocenters. The van der Waals surface area contributed by atoms with Crippen LogP contribution in [0.4, 0.5) is 0 Å². The zero-order valence-electron chi connectivity index (χ0n) is 10.1. The van der Waals surface area contributed by atoms with Gasteiger partial charge in [-0.15, -0.1) is 0 Å². The molecule has 4 heteroatoms. The second kappa shape index (κ2) is 5.62. The Morgan fingerprint density at radius 1 is 1.60 bits per heavy atom. The minimum Gasteiger partial charge on any atom is -0.380 e. The zero-order chi connectivity index (χ0) is 11.5. The van der Waals surface area contributed by atoms with Crippen LogP contribution in [0.5, 0.6) is 0 Å². The lowest BCUT2D eigenvalue weighted by molar-refractivity contribution is -0.132. The molecule has 0 N–H and O–H groups in total. The molecule has 1 rings (SSSR count). The fourth-order valence-corrected chi connectivity index (χ4v) is 2.41. The van der Waals surface area contributed by atoms with Crippen molar-refractivity contribution < 1.29 is 9.47 Å². The first-order chi connectivity index (χ1) is 6.96. The first kappa shape index (κ1) is 13.4. The maximum absolute atomic E-state index is 5.94. The molecule has 3 nitrogen and oxygen atoms in total. The molecule has 15 heavy (non-hydrogen) atoms. The van der Waals surface area contributed by atoms with Crippen LogP contribution in [0.3, 0.4) is 0 Å². The Morgan fingerprint density at radius 2 is 2.27 bits per heavy atom. The van der Waals surface area contributed by atoms with Gasteiger partial charge in [0.05, 0.1) is 17.8 Å². The third-order valence-corrected chi connectivity index (χ3v) is 3.36. The number of alkyl halides is 1. The van der Waals surface area contributed by atoms with Crippen LogP contribution in [0.25, 0.3) is 0 Å². The van der Waals surface area contributed by atoms with Crippen LogP contribution < -0.4 is 0 Å². The molecule has 0 spiro atoms. The molecule has 1 saturated heterocycles. The van der Waals surface area contributed by atoms with Crippen molar-refractivity contribution in [2.75, 3.05) is 32.1 Å². The van der Waals surface area contributed by atoms with Crippen LogP contribution in [-0.4, -0.2) is 54.8 Å². The highest BCUT2D eigenvalue weighted by Gasteiger charge is 2.33. The summed E-state index contributed by atoms with van der Waals surface area (Å²) in [4.78, 5) is 2.42. The van der Waals surface area contributed by atoms with Gasteiger partial charge in [0.15, 0.2) is 0 Å². The Labute approximate surface area is 101 Å². The van der Waals surface area contributed by atoms with Crippen LogP contribution in [0.1, 0.15) is 20.8 Å². The van der Waals surface area contributed by atoms with Crippen molar-refractivity contribution in [3.05, 3.63) is 0 Å². The van der Waals surface area contributed by atoms with Crippen LogP contribution in [0, 0.1) is 0 Å². The van der Waals surface area contributed by atoms with Crippen molar-refractivity contribution in [2.45, 2.75) is 38.6 Å². The summed E-state index contributed by atoms with van der Waals surface area (Å²) in [6.07, 6.45) is 0.577. The molecule has 90 valence electrons. The Hall–Kier alpha value is 0.360. The topological polar surface area (TPSA) is 21.7 Å². The van der Waals surface area contributed by atoms with E-state index in [1.807, 2.05) is 0 Å². The first-order valence-electron chi connectivity index (χ1n) is 5.46. The molecule has 0 aromatic carbocycles. The van der Waals surface area contributed by atoms with Crippen molar-refractivity contribution in [3.8, 4) is 0 Å². The van der Waals surface area contributed by atoms with E-state index in [0.29, 0.717) is 0 Å². The summed E-state index contributed by atoms with van der Waals surface area (Å²) in [5.41, 5.74) is -0.0514. The van der Waals surface area contributed by atoms with Crippen molar-refractivity contribution in [1.29, 1.82) is 0 Å². The van der Waals surface area contributed by atoms with Gasteiger partial charge in [-0.3, -0.25) is 4.90 Å². The molecular weight excluding hydrogens is 258 g/mol. The largest absolute Gasteiger partial charge is 0.380 e. The molecule has 0 aliphatic carbocycles. The molecule has 0 amide bonds. The normalized spacial score (nSPS) is 29.0. The quantitative estimate of drug-likeness (QED) is 0.734. The zero-order valence-corrected chi connectivity index (χ0v) is 11.7. The standard InChI is InChI=1S/C11H22BrNO2/c1-9(14-4)6-13-7-10(5-12)15-11(2,3)8-13/h9-10H,5-8H2,1-4H3. The van der Waals surface area contributed by atoms with Gasteiger partial charge >= 0.3 is 0 Å². The molecular formula is C11H22BrNO2. The molecule has 0 aromatic rings. The summed E-state index contributed by atoms with van der Waals surface area (Å²) in [5.74, 6) is 0. The van der Waals surface area contributed by atoms with Gasteiger partial charge in [0.1, 0.15) is 0 Å². The van der Waals surface area contributed by atoms with Gasteiger partial charge in [0.25, 0.3) is 0 Å². The summed E-state index contributed by atoms with van der Waals surface area (Å²) in [5, 5.41) is 0.897. The van der Waals surface area contributed by atoms with E-state index in [1.54, 1.807) is 7.11 Å². The molecule has 1 aliphatic rings. The lowest BCUT2D eigenvalue weighted by Gasteiger charge is -2.43. The van der Waals surface area contributed by atoms with Crippen LogP contribution in [0.2, 0.25) is 0 Å². The minimum absolute atomic E-state index is 0.0514. The van der Waals surface area contributed by atoms with Crippen molar-refractivity contribution in [3.63, 3.8) is 0 Å². The van der Waals surface area contributed by atoms with Crippen molar-refractivity contribution in [1.82, 2.24) is 4.90 Å². The summed E-state index contributed by atoms with van der Waals surface area (Å²) < 4.78 is 11.2. The number of rotatable bonds is 4. The van der Waals surface area contributed by atoms with Gasteiger partial charge in [0, 0.05) is 32.1 Å². The first-order valence-corrected chi connectivity index (χ1v) is 6.58. The molecule has 1 heterocycles. The van der Waals surface area contributed by atoms with E-state index in [-0.39, 0.29) is 17.8 Å². The second-order valence-electron chi connectivity index (χ2n) is 4.89. The smallest absolute Gasteiger partial charge is 0.0806 e. The summed E-state index contributed by atoms with van der Waals surface area (Å²) in [6, 6.07) is 0. The molecule has 0 bridgehead atoms. The number of morpholine rings is 1. The van der Waals surface area contributed by atoms with E-state index >= 15 is 0 Å². The lowest BCUT2D eigenvalue weighted by Crippen LogP contribution is -2.54. The molecule has 1 fully saturated rings. The fraction of sp³-hybridized carbons (Fsp3) is 1.00. The molecule has 0 saturated carbocycles. The van der Waals surface area contributed by atoms with Gasteiger partial charge in [-0.1, -0.05) is 15.9 Å². The van der Waals surface area contributed by atoms with Gasteiger partial charge < -0.3 is 9.47 Å². The highest BCUT2D eigenvalue weighted by molar-refractivity contribution is 9.09.